The number of methoxy groups -OCH3 is 1. The number of amides is 2. The van der Waals surface area contributed by atoms with E-state index in [0.717, 1.165) is 0 Å². The number of aromatic hydroxyl groups is 1. The molecule has 5 rings (SSSR count). The van der Waals surface area contributed by atoms with Crippen LogP contribution in [0, 0.1) is 5.82 Å². The molecule has 2 fully saturated rings. The topological polar surface area (TPSA) is 116 Å². The zero-order chi connectivity index (χ0) is 26.6. The highest BCUT2D eigenvalue weighted by atomic mass is 35.5. The van der Waals surface area contributed by atoms with Crippen molar-refractivity contribution in [1.82, 2.24) is 14.8 Å². The van der Waals surface area contributed by atoms with Crippen LogP contribution in [0.1, 0.15) is 30.6 Å². The average Bonchev–Trinajstić information content (AvgIpc) is 3.07. The van der Waals surface area contributed by atoms with Crippen molar-refractivity contribution in [3.63, 3.8) is 0 Å². The van der Waals surface area contributed by atoms with Crippen molar-refractivity contribution in [3.8, 4) is 22.8 Å². The molecule has 1 aromatic heterocycles. The normalized spacial score (nSPS) is 22.8. The molecular formula is C25H28ClFN4O6. The number of carboxylic acid groups (broad SMARTS) is 1. The van der Waals surface area contributed by atoms with Gasteiger partial charge in [0.05, 0.1) is 23.2 Å². The van der Waals surface area contributed by atoms with Crippen LogP contribution in [-0.4, -0.2) is 94.6 Å². The number of carbonyl (C=O) groups excluding carboxylic acids is 1. The fourth-order valence-electron chi connectivity index (χ4n) is 5.57. The minimum absolute atomic E-state index is 0.0154. The summed E-state index contributed by atoms with van der Waals surface area (Å²) in [5, 5.41) is 19.9. The summed E-state index contributed by atoms with van der Waals surface area (Å²) in [6.07, 6.45) is -0.576. The number of pyridine rings is 1. The zero-order valence-corrected chi connectivity index (χ0v) is 21.5. The van der Waals surface area contributed by atoms with Gasteiger partial charge < -0.3 is 34.4 Å². The predicted molar refractivity (Wildman–Crippen MR) is 133 cm³/mol. The molecule has 3 aliphatic heterocycles. The molecule has 0 aliphatic carbocycles. The monoisotopic (exact) mass is 534 g/mol. The molecule has 2 atom stereocenters. The maximum Gasteiger partial charge on any atom is 0.407 e. The van der Waals surface area contributed by atoms with E-state index in [0.29, 0.717) is 13.0 Å². The fourth-order valence-corrected chi connectivity index (χ4v) is 5.86. The van der Waals surface area contributed by atoms with Crippen LogP contribution in [0.3, 0.4) is 0 Å². The Balaban J connectivity index is 1.72. The molecule has 2 amide bonds. The first kappa shape index (κ1) is 25.3. The highest BCUT2D eigenvalue weighted by Crippen LogP contribution is 2.48. The van der Waals surface area contributed by atoms with Crippen LogP contribution in [-0.2, 0) is 4.74 Å². The molecule has 0 spiro atoms. The number of benzene rings is 1. The molecule has 2 saturated heterocycles. The second-order valence-electron chi connectivity index (χ2n) is 9.95. The highest BCUT2D eigenvalue weighted by molar-refractivity contribution is 6.35. The smallest absolute Gasteiger partial charge is 0.407 e. The number of halogens is 2. The van der Waals surface area contributed by atoms with Crippen molar-refractivity contribution in [2.75, 3.05) is 44.8 Å². The maximum absolute atomic E-state index is 15.0. The summed E-state index contributed by atoms with van der Waals surface area (Å²) in [7, 11) is 1.62. The first-order valence-corrected chi connectivity index (χ1v) is 12.4. The van der Waals surface area contributed by atoms with Crippen molar-refractivity contribution in [2.45, 2.75) is 38.0 Å². The van der Waals surface area contributed by atoms with Gasteiger partial charge in [0.1, 0.15) is 40.3 Å². The van der Waals surface area contributed by atoms with Crippen LogP contribution in [0.4, 0.5) is 15.0 Å². The van der Waals surface area contributed by atoms with Crippen LogP contribution in [0.15, 0.2) is 18.2 Å². The van der Waals surface area contributed by atoms with E-state index >= 15 is 0 Å². The number of nitrogens with zero attached hydrogens (tertiary/aromatic N) is 4. The Morgan fingerprint density at radius 3 is 2.68 bits per heavy atom. The van der Waals surface area contributed by atoms with Gasteiger partial charge in [-0.25, -0.2) is 14.2 Å². The van der Waals surface area contributed by atoms with Gasteiger partial charge in [0, 0.05) is 33.3 Å². The maximum atomic E-state index is 15.0. The molecule has 0 saturated carbocycles. The molecule has 1 unspecified atom stereocenters. The lowest BCUT2D eigenvalue weighted by Crippen LogP contribution is -2.57. The van der Waals surface area contributed by atoms with Gasteiger partial charge in [-0.15, -0.1) is 0 Å². The highest BCUT2D eigenvalue weighted by Gasteiger charge is 2.47. The second kappa shape index (κ2) is 9.21. The van der Waals surface area contributed by atoms with Gasteiger partial charge in [0.2, 0.25) is 0 Å². The molecule has 10 nitrogen and oxygen atoms in total. The number of phenolic OH excluding ortho intramolecular Hbond substituents is 1. The number of piperazine rings is 1. The Labute approximate surface area is 218 Å². The first-order chi connectivity index (χ1) is 17.6. The third-order valence-electron chi connectivity index (χ3n) is 7.59. The lowest BCUT2D eigenvalue weighted by Gasteiger charge is -2.39. The van der Waals surface area contributed by atoms with Gasteiger partial charge in [0.15, 0.2) is 5.75 Å². The number of phenols is 1. The van der Waals surface area contributed by atoms with E-state index in [9.17, 15) is 24.2 Å². The third kappa shape index (κ3) is 4.00. The minimum Gasteiger partial charge on any atom is -0.507 e. The van der Waals surface area contributed by atoms with Gasteiger partial charge in [-0.1, -0.05) is 17.7 Å². The number of fused-ring (bicyclic) bond motifs is 2. The molecule has 3 aliphatic rings. The number of rotatable bonds is 3. The Morgan fingerprint density at radius 1 is 1.27 bits per heavy atom. The van der Waals surface area contributed by atoms with Crippen LogP contribution in [0.25, 0.3) is 11.3 Å². The quantitative estimate of drug-likeness (QED) is 0.615. The molecule has 198 valence electrons. The number of ether oxygens (including phenoxy) is 2. The van der Waals surface area contributed by atoms with E-state index in [4.69, 9.17) is 26.1 Å². The van der Waals surface area contributed by atoms with Gasteiger partial charge in [0.25, 0.3) is 5.91 Å². The van der Waals surface area contributed by atoms with Crippen LogP contribution >= 0.6 is 11.6 Å². The van der Waals surface area contributed by atoms with Crippen molar-refractivity contribution >= 4 is 29.4 Å². The van der Waals surface area contributed by atoms with Crippen molar-refractivity contribution in [2.24, 2.45) is 0 Å². The molecule has 2 aromatic rings. The SMILES string of the molecule is COC1CCN(c2nc(-c3c(O)cccc3F)c(Cl)c3c2C(=O)N2CCN(C(=O)O)C[C@@H]2CO3)C1(C)C. The number of hydrogen-bond donors (Lipinski definition) is 2. The molecule has 12 heteroatoms. The second-order valence-corrected chi connectivity index (χ2v) is 10.3. The Kier molecular flexibility index (Phi) is 6.31. The van der Waals surface area contributed by atoms with E-state index in [1.54, 1.807) is 12.0 Å². The summed E-state index contributed by atoms with van der Waals surface area (Å²) in [6.45, 7) is 4.83. The molecule has 0 bridgehead atoms. The van der Waals surface area contributed by atoms with Crippen LogP contribution in [0.2, 0.25) is 5.02 Å². The zero-order valence-electron chi connectivity index (χ0n) is 20.7. The Morgan fingerprint density at radius 2 is 2.03 bits per heavy atom. The number of carbonyl (C=O) groups is 2. The minimum atomic E-state index is -1.07. The first-order valence-electron chi connectivity index (χ1n) is 12.0. The lowest BCUT2D eigenvalue weighted by molar-refractivity contribution is 0.0390. The molecule has 1 aromatic carbocycles. The van der Waals surface area contributed by atoms with Crippen molar-refractivity contribution in [3.05, 3.63) is 34.6 Å². The average molecular weight is 535 g/mol. The summed E-state index contributed by atoms with van der Waals surface area (Å²) in [5.74, 6) is -1.21. The summed E-state index contributed by atoms with van der Waals surface area (Å²) >= 11 is 6.74. The summed E-state index contributed by atoms with van der Waals surface area (Å²) in [5.41, 5.74) is -0.721. The molecular weight excluding hydrogens is 507 g/mol. The van der Waals surface area contributed by atoms with E-state index in [2.05, 4.69) is 0 Å². The summed E-state index contributed by atoms with van der Waals surface area (Å²) < 4.78 is 26.8. The van der Waals surface area contributed by atoms with Crippen LogP contribution in [0.5, 0.6) is 11.5 Å². The molecule has 2 N–H and O–H groups in total. The van der Waals surface area contributed by atoms with E-state index in [-0.39, 0.29) is 71.5 Å². The lowest BCUT2D eigenvalue weighted by atomic mass is 9.97. The predicted octanol–water partition coefficient (Wildman–Crippen LogP) is 3.45. The standard InChI is InChI=1S/C25H28ClFN4O6/c1-25(2)16(36-3)7-8-31(25)22-18-21(19(26)20(28-22)17-14(27)5-4-6-15(17)32)37-12-13-11-29(24(34)35)9-10-30(13)23(18)33/h4-6,13,16,32H,7-12H2,1-3H3,(H,34,35)/t13-,16?/m1/s1. The summed E-state index contributed by atoms with van der Waals surface area (Å²) in [4.78, 5) is 35.0. The van der Waals surface area contributed by atoms with Gasteiger partial charge >= 0.3 is 6.09 Å². The van der Waals surface area contributed by atoms with E-state index in [1.165, 1.54) is 23.1 Å². The number of anilines is 1. The van der Waals surface area contributed by atoms with Gasteiger partial charge in [-0.2, -0.15) is 0 Å². The molecule has 4 heterocycles. The van der Waals surface area contributed by atoms with Gasteiger partial charge in [-0.05, 0) is 32.4 Å². The van der Waals surface area contributed by atoms with Gasteiger partial charge in [-0.3, -0.25) is 4.79 Å². The number of aromatic nitrogens is 1. The third-order valence-corrected chi connectivity index (χ3v) is 7.94. The van der Waals surface area contributed by atoms with E-state index in [1.807, 2.05) is 18.7 Å². The molecule has 37 heavy (non-hydrogen) atoms. The van der Waals surface area contributed by atoms with Crippen LogP contribution < -0.4 is 9.64 Å². The summed E-state index contributed by atoms with van der Waals surface area (Å²) in [6, 6.07) is 3.34. The number of hydrogen-bond acceptors (Lipinski definition) is 7. The van der Waals surface area contributed by atoms with E-state index < -0.39 is 29.4 Å². The Bertz CT molecular complexity index is 1250. The largest absolute Gasteiger partial charge is 0.507 e. The molecule has 0 radical (unpaired) electrons. The Hall–Kier alpha value is -3.31. The fraction of sp³-hybridized carbons (Fsp3) is 0.480. The van der Waals surface area contributed by atoms with Crippen molar-refractivity contribution < 1.29 is 33.7 Å². The van der Waals surface area contributed by atoms with Crippen molar-refractivity contribution in [1.29, 1.82) is 0 Å².